The highest BCUT2D eigenvalue weighted by atomic mass is 35.5. The van der Waals surface area contributed by atoms with Crippen molar-refractivity contribution in [2.45, 2.75) is 12.8 Å². The van der Waals surface area contributed by atoms with Crippen LogP contribution in [0.2, 0.25) is 10.0 Å². The number of morpholine rings is 1. The van der Waals surface area contributed by atoms with E-state index in [1.807, 2.05) is 4.90 Å². The van der Waals surface area contributed by atoms with E-state index < -0.39 is 0 Å². The third-order valence-electron chi connectivity index (χ3n) is 3.24. The topological polar surface area (TPSA) is 50.8 Å². The molecule has 0 saturated carbocycles. The van der Waals surface area contributed by atoms with E-state index in [9.17, 15) is 4.79 Å². The average Bonchev–Trinajstić information content (AvgIpc) is 2.54. The SMILES string of the molecule is O=C(CCCOc1ccc(Cl)cc1Cl)NC(=S)N1CCOCC1. The number of hydrogen-bond donors (Lipinski definition) is 1. The van der Waals surface area contributed by atoms with Crippen LogP contribution in [-0.2, 0) is 9.53 Å². The Bertz CT molecular complexity index is 566. The fourth-order valence-corrected chi connectivity index (χ4v) is 2.79. The van der Waals surface area contributed by atoms with Crippen LogP contribution in [0.15, 0.2) is 18.2 Å². The second-order valence-corrected chi connectivity index (χ2v) is 6.21. The summed E-state index contributed by atoms with van der Waals surface area (Å²) in [5.74, 6) is 0.438. The number of benzene rings is 1. The highest BCUT2D eigenvalue weighted by Crippen LogP contribution is 2.27. The van der Waals surface area contributed by atoms with Crippen molar-refractivity contribution >= 4 is 46.4 Å². The lowest BCUT2D eigenvalue weighted by molar-refractivity contribution is -0.120. The lowest BCUT2D eigenvalue weighted by Crippen LogP contribution is -2.47. The lowest BCUT2D eigenvalue weighted by Gasteiger charge is -2.28. The fourth-order valence-electron chi connectivity index (χ4n) is 2.03. The van der Waals surface area contributed by atoms with Crippen molar-refractivity contribution in [3.8, 4) is 5.75 Å². The molecule has 0 radical (unpaired) electrons. The monoisotopic (exact) mass is 376 g/mol. The molecular weight excluding hydrogens is 359 g/mol. The second-order valence-electron chi connectivity index (χ2n) is 4.98. The minimum absolute atomic E-state index is 0.118. The number of ether oxygens (including phenoxy) is 2. The molecule has 5 nitrogen and oxygen atoms in total. The third-order valence-corrected chi connectivity index (χ3v) is 4.14. The van der Waals surface area contributed by atoms with Crippen molar-refractivity contribution < 1.29 is 14.3 Å². The lowest BCUT2D eigenvalue weighted by atomic mass is 10.3. The number of rotatable bonds is 5. The van der Waals surface area contributed by atoms with Gasteiger partial charge < -0.3 is 19.7 Å². The molecule has 0 spiro atoms. The molecule has 0 aliphatic carbocycles. The van der Waals surface area contributed by atoms with Crippen molar-refractivity contribution in [3.05, 3.63) is 28.2 Å². The van der Waals surface area contributed by atoms with Crippen LogP contribution in [0.1, 0.15) is 12.8 Å². The molecule has 1 heterocycles. The first-order valence-electron chi connectivity index (χ1n) is 7.30. The number of nitrogens with one attached hydrogen (secondary N) is 1. The Balaban J connectivity index is 1.65. The van der Waals surface area contributed by atoms with Crippen LogP contribution >= 0.6 is 35.4 Å². The smallest absolute Gasteiger partial charge is 0.226 e. The van der Waals surface area contributed by atoms with Gasteiger partial charge >= 0.3 is 0 Å². The fraction of sp³-hybridized carbons (Fsp3) is 0.467. The van der Waals surface area contributed by atoms with Crippen LogP contribution in [0.5, 0.6) is 5.75 Å². The number of halogens is 2. The Hall–Kier alpha value is -1.08. The Kier molecular flexibility index (Phi) is 7.36. The van der Waals surface area contributed by atoms with Crippen molar-refractivity contribution in [2.75, 3.05) is 32.9 Å². The van der Waals surface area contributed by atoms with Gasteiger partial charge in [-0.05, 0) is 36.8 Å². The second kappa shape index (κ2) is 9.27. The molecule has 1 N–H and O–H groups in total. The summed E-state index contributed by atoms with van der Waals surface area (Å²) < 4.78 is 10.8. The molecule has 23 heavy (non-hydrogen) atoms. The van der Waals surface area contributed by atoms with Crippen molar-refractivity contribution in [1.29, 1.82) is 0 Å². The Labute approximate surface area is 150 Å². The average molecular weight is 377 g/mol. The summed E-state index contributed by atoms with van der Waals surface area (Å²) in [6, 6.07) is 5.03. The molecule has 126 valence electrons. The van der Waals surface area contributed by atoms with Gasteiger partial charge in [-0.15, -0.1) is 0 Å². The van der Waals surface area contributed by atoms with Gasteiger partial charge in [0.1, 0.15) is 5.75 Å². The van der Waals surface area contributed by atoms with Gasteiger partial charge in [0, 0.05) is 24.5 Å². The van der Waals surface area contributed by atoms with E-state index in [4.69, 9.17) is 44.9 Å². The zero-order chi connectivity index (χ0) is 16.7. The molecule has 1 aliphatic heterocycles. The zero-order valence-corrected chi connectivity index (χ0v) is 14.8. The van der Waals surface area contributed by atoms with Gasteiger partial charge in [-0.2, -0.15) is 0 Å². The van der Waals surface area contributed by atoms with Gasteiger partial charge in [0.2, 0.25) is 5.91 Å². The molecule has 0 unspecified atom stereocenters. The van der Waals surface area contributed by atoms with E-state index in [0.29, 0.717) is 66.7 Å². The molecule has 1 amide bonds. The van der Waals surface area contributed by atoms with Gasteiger partial charge in [0.15, 0.2) is 5.11 Å². The Morgan fingerprint density at radius 2 is 2.09 bits per heavy atom. The molecule has 1 aromatic rings. The van der Waals surface area contributed by atoms with E-state index >= 15 is 0 Å². The molecule has 8 heteroatoms. The van der Waals surface area contributed by atoms with Gasteiger partial charge in [-0.25, -0.2) is 0 Å². The van der Waals surface area contributed by atoms with Crippen LogP contribution in [0, 0.1) is 0 Å². The summed E-state index contributed by atoms with van der Waals surface area (Å²) >= 11 is 17.0. The van der Waals surface area contributed by atoms with E-state index in [1.165, 1.54) is 0 Å². The summed E-state index contributed by atoms with van der Waals surface area (Å²) in [4.78, 5) is 13.8. The maximum atomic E-state index is 11.9. The molecule has 1 saturated heterocycles. The maximum Gasteiger partial charge on any atom is 0.226 e. The standard InChI is InChI=1S/C15H18Cl2N2O3S/c16-11-3-4-13(12(17)10-11)22-7-1-2-14(20)18-15(23)19-5-8-21-9-6-19/h3-4,10H,1-2,5-9H2,(H,18,20,23). The third kappa shape index (κ3) is 6.14. The van der Waals surface area contributed by atoms with Crippen LogP contribution in [0.4, 0.5) is 0 Å². The summed E-state index contributed by atoms with van der Waals surface area (Å²) in [6.07, 6.45) is 0.895. The number of carbonyl (C=O) groups is 1. The number of amides is 1. The molecule has 1 fully saturated rings. The molecule has 0 atom stereocenters. The highest BCUT2D eigenvalue weighted by Gasteiger charge is 2.15. The number of carbonyl (C=O) groups excluding carboxylic acids is 1. The highest BCUT2D eigenvalue weighted by molar-refractivity contribution is 7.80. The molecule has 1 aromatic carbocycles. The normalized spacial score (nSPS) is 14.4. The van der Waals surface area contributed by atoms with E-state index in [1.54, 1.807) is 18.2 Å². The van der Waals surface area contributed by atoms with Crippen molar-refractivity contribution in [2.24, 2.45) is 0 Å². The maximum absolute atomic E-state index is 11.9. The number of hydrogen-bond acceptors (Lipinski definition) is 4. The first-order valence-corrected chi connectivity index (χ1v) is 8.47. The van der Waals surface area contributed by atoms with Crippen LogP contribution in [0.3, 0.4) is 0 Å². The molecular formula is C15H18Cl2N2O3S. The largest absolute Gasteiger partial charge is 0.492 e. The first-order chi connectivity index (χ1) is 11.1. The summed E-state index contributed by atoms with van der Waals surface area (Å²) in [5.41, 5.74) is 0. The van der Waals surface area contributed by atoms with Crippen molar-refractivity contribution in [3.63, 3.8) is 0 Å². The van der Waals surface area contributed by atoms with Gasteiger partial charge in [0.25, 0.3) is 0 Å². The molecule has 0 aromatic heterocycles. The minimum atomic E-state index is -0.118. The molecule has 1 aliphatic rings. The van der Waals surface area contributed by atoms with Crippen LogP contribution < -0.4 is 10.1 Å². The predicted octanol–water partition coefficient (Wildman–Crippen LogP) is 2.89. The Morgan fingerprint density at radius 1 is 1.35 bits per heavy atom. The summed E-state index contributed by atoms with van der Waals surface area (Å²) in [6.45, 7) is 3.06. The van der Waals surface area contributed by atoms with Crippen molar-refractivity contribution in [1.82, 2.24) is 10.2 Å². The van der Waals surface area contributed by atoms with Gasteiger partial charge in [0.05, 0.1) is 24.8 Å². The predicted molar refractivity (Wildman–Crippen MR) is 94.3 cm³/mol. The van der Waals surface area contributed by atoms with Crippen LogP contribution in [0.25, 0.3) is 0 Å². The van der Waals surface area contributed by atoms with Gasteiger partial charge in [-0.3, -0.25) is 4.79 Å². The minimum Gasteiger partial charge on any atom is -0.492 e. The number of thiocarbonyl (C=S) groups is 1. The zero-order valence-electron chi connectivity index (χ0n) is 12.5. The Morgan fingerprint density at radius 3 is 2.78 bits per heavy atom. The number of nitrogens with zero attached hydrogens (tertiary/aromatic N) is 1. The quantitative estimate of drug-likeness (QED) is 0.632. The van der Waals surface area contributed by atoms with E-state index in [-0.39, 0.29) is 5.91 Å². The van der Waals surface area contributed by atoms with Crippen LogP contribution in [-0.4, -0.2) is 48.8 Å². The van der Waals surface area contributed by atoms with E-state index in [0.717, 1.165) is 0 Å². The first kappa shape index (κ1) is 18.3. The molecule has 0 bridgehead atoms. The van der Waals surface area contributed by atoms with E-state index in [2.05, 4.69) is 5.32 Å². The molecule has 2 rings (SSSR count). The summed E-state index contributed by atoms with van der Waals surface area (Å²) in [7, 11) is 0. The van der Waals surface area contributed by atoms with Gasteiger partial charge in [-0.1, -0.05) is 23.2 Å². The summed E-state index contributed by atoms with van der Waals surface area (Å²) in [5, 5.41) is 4.20.